The van der Waals surface area contributed by atoms with Crippen LogP contribution in [-0.2, 0) is 16.6 Å². The molecule has 0 aliphatic rings. The standard InChI is InChI=1S/C20H21N3O3/c1-12-15(13(2)23(4)22-12)9-10-19(24)26-14(3)20(25)17-11-21-18-8-6-5-7-16(17)18/h5-11,14,21H,1-4H3/b10-9+/t14-/m1/s1. The number of H-pyrrole nitrogens is 1. The van der Waals surface area contributed by atoms with Crippen molar-refractivity contribution in [3.05, 3.63) is 59.1 Å². The molecule has 0 radical (unpaired) electrons. The topological polar surface area (TPSA) is 77.0 Å². The van der Waals surface area contributed by atoms with Gasteiger partial charge >= 0.3 is 5.97 Å². The lowest BCUT2D eigenvalue weighted by molar-refractivity contribution is -0.140. The number of hydrogen-bond acceptors (Lipinski definition) is 4. The van der Waals surface area contributed by atoms with E-state index in [4.69, 9.17) is 4.74 Å². The van der Waals surface area contributed by atoms with Crippen molar-refractivity contribution in [3.63, 3.8) is 0 Å². The van der Waals surface area contributed by atoms with Crippen LogP contribution in [0.4, 0.5) is 0 Å². The van der Waals surface area contributed by atoms with Crippen LogP contribution in [0.1, 0.15) is 34.2 Å². The number of carbonyl (C=O) groups excluding carboxylic acids is 2. The number of aryl methyl sites for hydroxylation is 2. The second-order valence-corrected chi connectivity index (χ2v) is 6.23. The molecule has 0 unspecified atom stereocenters. The molecule has 1 N–H and O–H groups in total. The Morgan fingerprint density at radius 2 is 2.00 bits per heavy atom. The number of Topliss-reactive ketones (excluding diaryl/α,β-unsaturated/α-hetero) is 1. The maximum atomic E-state index is 12.6. The molecule has 2 aromatic heterocycles. The largest absolute Gasteiger partial charge is 0.451 e. The summed E-state index contributed by atoms with van der Waals surface area (Å²) in [4.78, 5) is 27.8. The Hall–Kier alpha value is -3.15. The monoisotopic (exact) mass is 351 g/mol. The highest BCUT2D eigenvalue weighted by molar-refractivity contribution is 6.10. The molecule has 26 heavy (non-hydrogen) atoms. The van der Waals surface area contributed by atoms with Crippen molar-refractivity contribution in [1.82, 2.24) is 14.8 Å². The summed E-state index contributed by atoms with van der Waals surface area (Å²) in [6.07, 6.45) is 3.77. The van der Waals surface area contributed by atoms with Crippen molar-refractivity contribution >= 4 is 28.7 Å². The molecule has 0 aliphatic carbocycles. The van der Waals surface area contributed by atoms with E-state index in [1.165, 1.54) is 6.08 Å². The lowest BCUT2D eigenvalue weighted by Crippen LogP contribution is -2.23. The predicted molar refractivity (Wildman–Crippen MR) is 99.9 cm³/mol. The van der Waals surface area contributed by atoms with E-state index in [9.17, 15) is 9.59 Å². The number of para-hydroxylation sites is 1. The molecule has 1 atom stereocenters. The third kappa shape index (κ3) is 3.31. The fourth-order valence-electron chi connectivity index (χ4n) is 2.94. The van der Waals surface area contributed by atoms with Gasteiger partial charge in [-0.3, -0.25) is 9.48 Å². The highest BCUT2D eigenvalue weighted by Crippen LogP contribution is 2.20. The van der Waals surface area contributed by atoms with E-state index in [2.05, 4.69) is 10.1 Å². The summed E-state index contributed by atoms with van der Waals surface area (Å²) in [5.74, 6) is -0.800. The summed E-state index contributed by atoms with van der Waals surface area (Å²) in [5.41, 5.74) is 4.05. The smallest absolute Gasteiger partial charge is 0.331 e. The van der Waals surface area contributed by atoms with Crippen LogP contribution in [0.2, 0.25) is 0 Å². The lowest BCUT2D eigenvalue weighted by Gasteiger charge is -2.10. The first-order valence-corrected chi connectivity index (χ1v) is 8.37. The van der Waals surface area contributed by atoms with Gasteiger partial charge < -0.3 is 9.72 Å². The van der Waals surface area contributed by atoms with Gasteiger partial charge in [-0.1, -0.05) is 18.2 Å². The highest BCUT2D eigenvalue weighted by Gasteiger charge is 2.21. The molecular weight excluding hydrogens is 330 g/mol. The van der Waals surface area contributed by atoms with Gasteiger partial charge in [-0.15, -0.1) is 0 Å². The molecule has 3 aromatic rings. The molecule has 2 heterocycles. The number of aromatic nitrogens is 3. The number of esters is 1. The van der Waals surface area contributed by atoms with Crippen LogP contribution in [0.15, 0.2) is 36.5 Å². The number of aromatic amines is 1. The molecule has 3 rings (SSSR count). The van der Waals surface area contributed by atoms with E-state index in [1.807, 2.05) is 45.2 Å². The maximum absolute atomic E-state index is 12.6. The number of rotatable bonds is 5. The van der Waals surface area contributed by atoms with Gasteiger partial charge in [0.1, 0.15) is 0 Å². The van der Waals surface area contributed by atoms with Gasteiger partial charge in [-0.05, 0) is 32.9 Å². The Kier molecular flexibility index (Phi) is 4.75. The summed E-state index contributed by atoms with van der Waals surface area (Å²) in [6, 6.07) is 7.51. The molecule has 0 saturated heterocycles. The molecule has 0 aliphatic heterocycles. The molecule has 0 fully saturated rings. The Labute approximate surface area is 151 Å². The van der Waals surface area contributed by atoms with Gasteiger partial charge in [0.2, 0.25) is 5.78 Å². The Balaban J connectivity index is 1.71. The zero-order valence-electron chi connectivity index (χ0n) is 15.2. The van der Waals surface area contributed by atoms with E-state index in [0.717, 1.165) is 27.9 Å². The third-order valence-electron chi connectivity index (χ3n) is 4.47. The second kappa shape index (κ2) is 7.00. The molecule has 0 bridgehead atoms. The Bertz CT molecular complexity index is 1010. The van der Waals surface area contributed by atoms with Gasteiger partial charge in [-0.25, -0.2) is 4.79 Å². The molecule has 6 heteroatoms. The van der Waals surface area contributed by atoms with Gasteiger partial charge in [-0.2, -0.15) is 5.10 Å². The predicted octanol–water partition coefficient (Wildman–Crippen LogP) is 3.35. The number of ether oxygens (including phenoxy) is 1. The minimum Gasteiger partial charge on any atom is -0.451 e. The summed E-state index contributed by atoms with van der Waals surface area (Å²) >= 11 is 0. The fourth-order valence-corrected chi connectivity index (χ4v) is 2.94. The van der Waals surface area contributed by atoms with Crippen LogP contribution in [0.3, 0.4) is 0 Å². The van der Waals surface area contributed by atoms with E-state index >= 15 is 0 Å². The van der Waals surface area contributed by atoms with Crippen LogP contribution >= 0.6 is 0 Å². The van der Waals surface area contributed by atoms with Crippen molar-refractivity contribution in [2.24, 2.45) is 7.05 Å². The van der Waals surface area contributed by atoms with Crippen LogP contribution < -0.4 is 0 Å². The number of ketones is 1. The fraction of sp³-hybridized carbons (Fsp3) is 0.250. The summed E-state index contributed by atoms with van der Waals surface area (Å²) in [5, 5.41) is 5.11. The van der Waals surface area contributed by atoms with Crippen LogP contribution in [0.25, 0.3) is 17.0 Å². The second-order valence-electron chi connectivity index (χ2n) is 6.23. The molecule has 0 amide bonds. The van der Waals surface area contributed by atoms with Gasteiger partial charge in [0.15, 0.2) is 6.10 Å². The number of benzene rings is 1. The summed E-state index contributed by atoms with van der Waals surface area (Å²) in [7, 11) is 1.85. The number of fused-ring (bicyclic) bond motifs is 1. The Morgan fingerprint density at radius 1 is 1.27 bits per heavy atom. The third-order valence-corrected chi connectivity index (χ3v) is 4.47. The van der Waals surface area contributed by atoms with Crippen LogP contribution in [0.5, 0.6) is 0 Å². The zero-order valence-corrected chi connectivity index (χ0v) is 15.2. The first-order chi connectivity index (χ1) is 12.4. The number of nitrogens with zero attached hydrogens (tertiary/aromatic N) is 2. The van der Waals surface area contributed by atoms with Crippen LogP contribution in [-0.4, -0.2) is 32.6 Å². The number of nitrogens with one attached hydrogen (secondary N) is 1. The van der Waals surface area contributed by atoms with Gasteiger partial charge in [0, 0.05) is 47.0 Å². The minimum atomic E-state index is -0.873. The summed E-state index contributed by atoms with van der Waals surface area (Å²) < 4.78 is 7.03. The highest BCUT2D eigenvalue weighted by atomic mass is 16.5. The van der Waals surface area contributed by atoms with Gasteiger partial charge in [0.05, 0.1) is 5.69 Å². The normalized spacial score (nSPS) is 12.6. The average molecular weight is 351 g/mol. The molecule has 0 saturated carbocycles. The van der Waals surface area contributed by atoms with Crippen molar-refractivity contribution in [1.29, 1.82) is 0 Å². The molecule has 1 aromatic carbocycles. The van der Waals surface area contributed by atoms with E-state index < -0.39 is 12.1 Å². The van der Waals surface area contributed by atoms with Crippen molar-refractivity contribution in [2.75, 3.05) is 0 Å². The zero-order chi connectivity index (χ0) is 18.8. The maximum Gasteiger partial charge on any atom is 0.331 e. The Morgan fingerprint density at radius 3 is 2.69 bits per heavy atom. The SMILES string of the molecule is Cc1nn(C)c(C)c1/C=C/C(=O)O[C@H](C)C(=O)c1c[nH]c2ccccc12. The van der Waals surface area contributed by atoms with Gasteiger partial charge in [0.25, 0.3) is 0 Å². The molecule has 6 nitrogen and oxygen atoms in total. The molecule has 134 valence electrons. The first kappa shape index (κ1) is 17.7. The minimum absolute atomic E-state index is 0.238. The molecular formula is C20H21N3O3. The van der Waals surface area contributed by atoms with E-state index in [1.54, 1.807) is 23.9 Å². The first-order valence-electron chi connectivity index (χ1n) is 8.37. The van der Waals surface area contributed by atoms with Crippen molar-refractivity contribution in [3.8, 4) is 0 Å². The average Bonchev–Trinajstić information content (AvgIpc) is 3.14. The molecule has 0 spiro atoms. The number of carbonyl (C=O) groups is 2. The van der Waals surface area contributed by atoms with Crippen molar-refractivity contribution in [2.45, 2.75) is 26.9 Å². The van der Waals surface area contributed by atoms with E-state index in [-0.39, 0.29) is 5.78 Å². The lowest BCUT2D eigenvalue weighted by atomic mass is 10.1. The number of hydrogen-bond donors (Lipinski definition) is 1. The van der Waals surface area contributed by atoms with Crippen LogP contribution in [0, 0.1) is 13.8 Å². The van der Waals surface area contributed by atoms with E-state index in [0.29, 0.717) is 5.56 Å². The summed E-state index contributed by atoms with van der Waals surface area (Å²) in [6.45, 7) is 5.38. The van der Waals surface area contributed by atoms with Crippen molar-refractivity contribution < 1.29 is 14.3 Å². The quantitative estimate of drug-likeness (QED) is 0.434.